The van der Waals surface area contributed by atoms with E-state index in [1.165, 1.54) is 25.3 Å². The van der Waals surface area contributed by atoms with Crippen molar-refractivity contribution in [1.29, 1.82) is 0 Å². The Morgan fingerprint density at radius 3 is 2.81 bits per heavy atom. The highest BCUT2D eigenvalue weighted by molar-refractivity contribution is 5.48. The number of nitrogen functional groups attached to an aromatic ring is 1. The summed E-state index contributed by atoms with van der Waals surface area (Å²) in [4.78, 5) is 14.2. The summed E-state index contributed by atoms with van der Waals surface area (Å²) in [5, 5.41) is 10.7. The molecule has 3 N–H and O–H groups in total. The lowest BCUT2D eigenvalue weighted by molar-refractivity contribution is -0.385. The van der Waals surface area contributed by atoms with Crippen LogP contribution in [0.3, 0.4) is 0 Å². The molecule has 2 aromatic rings. The molecule has 2 rings (SSSR count). The number of hydrazine groups is 1. The number of nitrogens with one attached hydrogen (secondary N) is 1. The first-order valence-electron chi connectivity index (χ1n) is 6.01. The third-order valence-electron chi connectivity index (χ3n) is 2.72. The second-order valence-electron chi connectivity index (χ2n) is 4.07. The quantitative estimate of drug-likeness (QED) is 0.474. The van der Waals surface area contributed by atoms with Crippen LogP contribution in [0.2, 0.25) is 0 Å². The smallest absolute Gasteiger partial charge is 0.273 e. The van der Waals surface area contributed by atoms with E-state index in [1.54, 1.807) is 18.3 Å². The zero-order valence-electron chi connectivity index (χ0n) is 11.3. The Morgan fingerprint density at radius 1 is 1.33 bits per heavy atom. The van der Waals surface area contributed by atoms with Crippen molar-refractivity contribution in [2.24, 2.45) is 5.84 Å². The average Bonchev–Trinajstić information content (AvgIpc) is 2.52. The highest BCUT2D eigenvalue weighted by Gasteiger charge is 2.12. The Balaban J connectivity index is 2.13. The maximum Gasteiger partial charge on any atom is 0.273 e. The van der Waals surface area contributed by atoms with Gasteiger partial charge in [0.05, 0.1) is 18.1 Å². The van der Waals surface area contributed by atoms with Crippen molar-refractivity contribution in [3.8, 4) is 11.5 Å². The predicted octanol–water partition coefficient (Wildman–Crippen LogP) is 1.86. The number of anilines is 1. The first kappa shape index (κ1) is 14.5. The van der Waals surface area contributed by atoms with Crippen LogP contribution in [0.5, 0.6) is 11.5 Å². The van der Waals surface area contributed by atoms with Crippen LogP contribution in [0.1, 0.15) is 5.56 Å². The molecule has 0 unspecified atom stereocenters. The summed E-state index contributed by atoms with van der Waals surface area (Å²) in [6.07, 6.45) is 1.60. The van der Waals surface area contributed by atoms with E-state index in [1.807, 2.05) is 0 Å². The molecule has 0 fully saturated rings. The molecule has 0 spiro atoms. The first-order valence-corrected chi connectivity index (χ1v) is 6.01. The summed E-state index contributed by atoms with van der Waals surface area (Å²) in [5.74, 6) is 6.52. The predicted molar refractivity (Wildman–Crippen MR) is 76.0 cm³/mol. The SMILES string of the molecule is COc1cc([N+](=O)[O-])ccc1OCc1ccnc(NN)c1. The number of nitrogens with zero attached hydrogens (tertiary/aromatic N) is 2. The number of hydrogen-bond acceptors (Lipinski definition) is 7. The molecule has 0 saturated carbocycles. The number of benzene rings is 1. The Kier molecular flexibility index (Phi) is 4.52. The van der Waals surface area contributed by atoms with Gasteiger partial charge in [0.2, 0.25) is 0 Å². The van der Waals surface area contributed by atoms with E-state index < -0.39 is 4.92 Å². The molecule has 21 heavy (non-hydrogen) atoms. The van der Waals surface area contributed by atoms with Crippen molar-refractivity contribution in [3.05, 3.63) is 52.2 Å². The van der Waals surface area contributed by atoms with Crippen LogP contribution in [0.25, 0.3) is 0 Å². The van der Waals surface area contributed by atoms with E-state index in [9.17, 15) is 10.1 Å². The minimum Gasteiger partial charge on any atom is -0.493 e. The lowest BCUT2D eigenvalue weighted by atomic mass is 10.2. The molecule has 0 bridgehead atoms. The van der Waals surface area contributed by atoms with Gasteiger partial charge in [-0.25, -0.2) is 10.8 Å². The fourth-order valence-electron chi connectivity index (χ4n) is 1.69. The Bertz CT molecular complexity index is 648. The molecular formula is C13H14N4O4. The average molecular weight is 290 g/mol. The number of nitro groups is 1. The van der Waals surface area contributed by atoms with Gasteiger partial charge in [-0.1, -0.05) is 0 Å². The van der Waals surface area contributed by atoms with Crippen molar-refractivity contribution in [3.63, 3.8) is 0 Å². The highest BCUT2D eigenvalue weighted by Crippen LogP contribution is 2.31. The van der Waals surface area contributed by atoms with Gasteiger partial charge in [0.15, 0.2) is 11.5 Å². The lowest BCUT2D eigenvalue weighted by Crippen LogP contribution is -2.09. The van der Waals surface area contributed by atoms with Crippen LogP contribution in [-0.2, 0) is 6.61 Å². The number of nitro benzene ring substituents is 1. The molecule has 1 aromatic heterocycles. The Hall–Kier alpha value is -2.87. The van der Waals surface area contributed by atoms with Gasteiger partial charge in [-0.2, -0.15) is 0 Å². The highest BCUT2D eigenvalue weighted by atomic mass is 16.6. The molecule has 1 aromatic carbocycles. The second kappa shape index (κ2) is 6.53. The molecule has 0 aliphatic carbocycles. The van der Waals surface area contributed by atoms with Crippen LogP contribution in [0.4, 0.5) is 11.5 Å². The molecular weight excluding hydrogens is 276 g/mol. The fourth-order valence-corrected chi connectivity index (χ4v) is 1.69. The third-order valence-corrected chi connectivity index (χ3v) is 2.72. The van der Waals surface area contributed by atoms with Gasteiger partial charge < -0.3 is 14.9 Å². The standard InChI is InChI=1S/C13H14N4O4/c1-20-12-7-10(17(18)19)2-3-11(12)21-8-9-4-5-15-13(6-9)16-14/h2-7H,8,14H2,1H3,(H,15,16). The molecule has 0 radical (unpaired) electrons. The normalized spacial score (nSPS) is 10.0. The van der Waals surface area contributed by atoms with Crippen molar-refractivity contribution in [1.82, 2.24) is 4.98 Å². The molecule has 0 amide bonds. The van der Waals surface area contributed by atoms with E-state index in [0.717, 1.165) is 5.56 Å². The van der Waals surface area contributed by atoms with Crippen LogP contribution in [0, 0.1) is 10.1 Å². The molecule has 8 nitrogen and oxygen atoms in total. The first-order chi connectivity index (χ1) is 10.1. The minimum absolute atomic E-state index is 0.0577. The van der Waals surface area contributed by atoms with E-state index in [2.05, 4.69) is 10.4 Å². The van der Waals surface area contributed by atoms with E-state index in [0.29, 0.717) is 17.3 Å². The summed E-state index contributed by atoms with van der Waals surface area (Å²) in [6.45, 7) is 0.255. The molecule has 0 saturated heterocycles. The van der Waals surface area contributed by atoms with Crippen LogP contribution in [0.15, 0.2) is 36.5 Å². The maximum absolute atomic E-state index is 10.7. The maximum atomic E-state index is 10.7. The summed E-state index contributed by atoms with van der Waals surface area (Å²) in [6, 6.07) is 7.68. The van der Waals surface area contributed by atoms with Crippen LogP contribution < -0.4 is 20.7 Å². The van der Waals surface area contributed by atoms with Gasteiger partial charge in [0.25, 0.3) is 5.69 Å². The van der Waals surface area contributed by atoms with Crippen molar-refractivity contribution in [2.45, 2.75) is 6.61 Å². The Morgan fingerprint density at radius 2 is 2.14 bits per heavy atom. The topological polar surface area (TPSA) is 113 Å². The number of pyridine rings is 1. The summed E-state index contributed by atoms with van der Waals surface area (Å²) in [5.41, 5.74) is 3.23. The molecule has 8 heteroatoms. The van der Waals surface area contributed by atoms with Crippen LogP contribution in [-0.4, -0.2) is 17.0 Å². The van der Waals surface area contributed by atoms with Gasteiger partial charge in [-0.15, -0.1) is 0 Å². The Labute approximate surface area is 120 Å². The number of nitrogens with two attached hydrogens (primary N) is 1. The summed E-state index contributed by atoms with van der Waals surface area (Å²) < 4.78 is 10.7. The number of aromatic nitrogens is 1. The molecule has 110 valence electrons. The third kappa shape index (κ3) is 3.57. The fraction of sp³-hybridized carbons (Fsp3) is 0.154. The van der Waals surface area contributed by atoms with Gasteiger partial charge in [0, 0.05) is 12.3 Å². The second-order valence-corrected chi connectivity index (χ2v) is 4.07. The number of hydrogen-bond donors (Lipinski definition) is 2. The zero-order chi connectivity index (χ0) is 15.2. The lowest BCUT2D eigenvalue weighted by Gasteiger charge is -2.10. The number of ether oxygens (including phenoxy) is 2. The summed E-state index contributed by atoms with van der Waals surface area (Å²) >= 11 is 0. The van der Waals surface area contributed by atoms with Gasteiger partial charge in [-0.05, 0) is 23.8 Å². The van der Waals surface area contributed by atoms with Crippen molar-refractivity contribution in [2.75, 3.05) is 12.5 Å². The summed E-state index contributed by atoms with van der Waals surface area (Å²) in [7, 11) is 1.43. The van der Waals surface area contributed by atoms with E-state index >= 15 is 0 Å². The van der Waals surface area contributed by atoms with Crippen molar-refractivity contribution < 1.29 is 14.4 Å². The molecule has 1 heterocycles. The van der Waals surface area contributed by atoms with E-state index in [4.69, 9.17) is 15.3 Å². The van der Waals surface area contributed by atoms with Crippen molar-refractivity contribution >= 4 is 11.5 Å². The zero-order valence-corrected chi connectivity index (χ0v) is 11.3. The van der Waals surface area contributed by atoms with Gasteiger partial charge in [0.1, 0.15) is 12.4 Å². The van der Waals surface area contributed by atoms with Crippen LogP contribution >= 0.6 is 0 Å². The van der Waals surface area contributed by atoms with Gasteiger partial charge in [-0.3, -0.25) is 10.1 Å². The number of methoxy groups -OCH3 is 1. The van der Waals surface area contributed by atoms with E-state index in [-0.39, 0.29) is 12.3 Å². The monoisotopic (exact) mass is 290 g/mol. The number of non-ortho nitro benzene ring substituents is 1. The molecule has 0 atom stereocenters. The molecule has 0 aliphatic heterocycles. The minimum atomic E-state index is -0.492. The molecule has 0 aliphatic rings. The number of rotatable bonds is 6. The largest absolute Gasteiger partial charge is 0.493 e. The van der Waals surface area contributed by atoms with Gasteiger partial charge >= 0.3 is 0 Å².